The number of carbonyl (C=O) groups is 2. The average molecular weight is 424 g/mol. The maximum Gasteiger partial charge on any atom is 0.471 e. The zero-order valence-electron chi connectivity index (χ0n) is 15.3. The molecule has 0 unspecified atom stereocenters. The zero-order chi connectivity index (χ0) is 20.8. The van der Waals surface area contributed by atoms with Crippen LogP contribution in [-0.4, -0.2) is 45.9 Å². The van der Waals surface area contributed by atoms with E-state index in [-0.39, 0.29) is 19.0 Å². The molecule has 4 rings (SSSR count). The number of hydrogen-bond donors (Lipinski definition) is 0. The molecular weight excluding hydrogens is 407 g/mol. The molecule has 29 heavy (non-hydrogen) atoms. The van der Waals surface area contributed by atoms with E-state index in [0.717, 1.165) is 27.2 Å². The Morgan fingerprint density at radius 2 is 1.83 bits per heavy atom. The molecule has 0 spiro atoms. The van der Waals surface area contributed by atoms with Crippen molar-refractivity contribution in [1.29, 1.82) is 0 Å². The molecule has 1 aromatic heterocycles. The molecule has 0 fully saturated rings. The lowest BCUT2D eigenvalue weighted by molar-refractivity contribution is -0.185. The Balaban J connectivity index is 1.47. The Bertz CT molecular complexity index is 993. The Morgan fingerprint density at radius 1 is 1.10 bits per heavy atom. The quantitative estimate of drug-likeness (QED) is 0.696. The normalized spacial score (nSPS) is 16.5. The summed E-state index contributed by atoms with van der Waals surface area (Å²) in [6, 6.07) is 7.34. The topological polar surface area (TPSA) is 53.5 Å². The molecule has 0 radical (unpaired) electrons. The van der Waals surface area contributed by atoms with Gasteiger partial charge in [0.05, 0.1) is 5.56 Å². The third-order valence-corrected chi connectivity index (χ3v) is 5.52. The lowest BCUT2D eigenvalue weighted by Crippen LogP contribution is -2.42. The second kappa shape index (κ2) is 7.33. The minimum absolute atomic E-state index is 0.0209. The van der Waals surface area contributed by atoms with E-state index in [1.807, 2.05) is 18.2 Å². The van der Waals surface area contributed by atoms with Gasteiger partial charge < -0.3 is 9.80 Å². The Morgan fingerprint density at radius 3 is 2.55 bits per heavy atom. The summed E-state index contributed by atoms with van der Waals surface area (Å²) in [6.07, 6.45) is -2.66. The Kier molecular flexibility index (Phi) is 4.98. The van der Waals surface area contributed by atoms with Gasteiger partial charge in [0, 0.05) is 32.4 Å². The van der Waals surface area contributed by atoms with Crippen LogP contribution in [0.15, 0.2) is 30.5 Å². The molecule has 2 aliphatic heterocycles. The molecule has 152 valence electrons. The van der Waals surface area contributed by atoms with Crippen molar-refractivity contribution in [3.05, 3.63) is 63.4 Å². The standard InChI is InChI=1S/C20H17ClF3N3O2/c21-17-8-15-11-27(18(28)16(15)9-25-17)10-12-1-2-13-3-5-26(6-4-14(13)7-12)19(29)20(22,23)24/h1-2,7-9H,3-6,10-11H2. The summed E-state index contributed by atoms with van der Waals surface area (Å²) >= 11 is 5.90. The van der Waals surface area contributed by atoms with Crippen molar-refractivity contribution < 1.29 is 22.8 Å². The number of carbonyl (C=O) groups excluding carboxylic acids is 2. The molecule has 0 saturated carbocycles. The monoisotopic (exact) mass is 423 g/mol. The Labute approximate surface area is 170 Å². The molecule has 0 saturated heterocycles. The molecule has 2 aliphatic rings. The summed E-state index contributed by atoms with van der Waals surface area (Å²) in [7, 11) is 0. The number of nitrogens with zero attached hydrogens (tertiary/aromatic N) is 3. The molecule has 2 aromatic rings. The van der Waals surface area contributed by atoms with E-state index in [9.17, 15) is 22.8 Å². The molecule has 3 heterocycles. The summed E-state index contributed by atoms with van der Waals surface area (Å²) in [5, 5.41) is 0.335. The summed E-state index contributed by atoms with van der Waals surface area (Å²) in [5.74, 6) is -1.92. The fraction of sp³-hybridized carbons (Fsp3) is 0.350. The third kappa shape index (κ3) is 3.94. The van der Waals surface area contributed by atoms with Crippen LogP contribution < -0.4 is 0 Å². The minimum Gasteiger partial charge on any atom is -0.334 e. The van der Waals surface area contributed by atoms with Crippen molar-refractivity contribution in [2.24, 2.45) is 0 Å². The lowest BCUT2D eigenvalue weighted by Gasteiger charge is -2.21. The number of rotatable bonds is 2. The van der Waals surface area contributed by atoms with Crippen molar-refractivity contribution in [2.75, 3.05) is 13.1 Å². The van der Waals surface area contributed by atoms with E-state index in [0.29, 0.717) is 36.6 Å². The van der Waals surface area contributed by atoms with Gasteiger partial charge in [-0.2, -0.15) is 13.2 Å². The van der Waals surface area contributed by atoms with Crippen LogP contribution >= 0.6 is 11.6 Å². The molecule has 9 heteroatoms. The van der Waals surface area contributed by atoms with E-state index < -0.39 is 12.1 Å². The summed E-state index contributed by atoms with van der Waals surface area (Å²) in [5.41, 5.74) is 4.09. The van der Waals surface area contributed by atoms with Crippen LogP contribution in [0.25, 0.3) is 0 Å². The number of pyridine rings is 1. The molecule has 0 atom stereocenters. The van der Waals surface area contributed by atoms with Gasteiger partial charge in [-0.25, -0.2) is 4.98 Å². The molecule has 5 nitrogen and oxygen atoms in total. The largest absolute Gasteiger partial charge is 0.471 e. The molecule has 0 N–H and O–H groups in total. The van der Waals surface area contributed by atoms with E-state index in [4.69, 9.17) is 11.6 Å². The van der Waals surface area contributed by atoms with Crippen molar-refractivity contribution >= 4 is 23.4 Å². The average Bonchev–Trinajstić information content (AvgIpc) is 2.84. The van der Waals surface area contributed by atoms with Crippen molar-refractivity contribution in [2.45, 2.75) is 32.1 Å². The minimum atomic E-state index is -4.86. The number of amides is 2. The summed E-state index contributed by atoms with van der Waals surface area (Å²) in [4.78, 5) is 30.6. The predicted octanol–water partition coefficient (Wildman–Crippen LogP) is 3.38. The third-order valence-electron chi connectivity index (χ3n) is 5.31. The highest BCUT2D eigenvalue weighted by Gasteiger charge is 2.42. The van der Waals surface area contributed by atoms with Crippen LogP contribution in [0.2, 0.25) is 5.15 Å². The summed E-state index contributed by atoms with van der Waals surface area (Å²) < 4.78 is 38.2. The van der Waals surface area contributed by atoms with E-state index >= 15 is 0 Å². The molecule has 0 aliphatic carbocycles. The molecule has 0 bridgehead atoms. The molecular formula is C20H17ClF3N3O2. The first-order valence-corrected chi connectivity index (χ1v) is 9.50. The van der Waals surface area contributed by atoms with Crippen molar-refractivity contribution in [3.63, 3.8) is 0 Å². The highest BCUT2D eigenvalue weighted by Crippen LogP contribution is 2.27. The van der Waals surface area contributed by atoms with Gasteiger partial charge in [0.2, 0.25) is 0 Å². The number of benzene rings is 1. The van der Waals surface area contributed by atoms with Gasteiger partial charge >= 0.3 is 12.1 Å². The van der Waals surface area contributed by atoms with Gasteiger partial charge in [0.1, 0.15) is 5.15 Å². The fourth-order valence-corrected chi connectivity index (χ4v) is 4.03. The lowest BCUT2D eigenvalue weighted by atomic mass is 10.00. The SMILES string of the molecule is O=C1c2cnc(Cl)cc2CN1Cc1ccc2c(c1)CCN(C(=O)C(F)(F)F)CC2. The smallest absolute Gasteiger partial charge is 0.334 e. The van der Waals surface area contributed by atoms with Crippen LogP contribution in [-0.2, 0) is 30.7 Å². The van der Waals surface area contributed by atoms with Gasteiger partial charge in [-0.05, 0) is 41.2 Å². The van der Waals surface area contributed by atoms with E-state index in [1.54, 1.807) is 11.0 Å². The van der Waals surface area contributed by atoms with Gasteiger partial charge in [-0.15, -0.1) is 0 Å². The number of alkyl halides is 3. The van der Waals surface area contributed by atoms with Crippen LogP contribution in [0.4, 0.5) is 13.2 Å². The van der Waals surface area contributed by atoms with Crippen LogP contribution in [0, 0.1) is 0 Å². The van der Waals surface area contributed by atoms with Crippen LogP contribution in [0.1, 0.15) is 32.6 Å². The molecule has 1 aromatic carbocycles. The number of halogens is 4. The first-order chi connectivity index (χ1) is 13.7. The first kappa shape index (κ1) is 19.7. The number of fused-ring (bicyclic) bond motifs is 2. The first-order valence-electron chi connectivity index (χ1n) is 9.13. The fourth-order valence-electron chi connectivity index (χ4n) is 3.85. The van der Waals surface area contributed by atoms with E-state index in [1.165, 1.54) is 6.20 Å². The van der Waals surface area contributed by atoms with Gasteiger partial charge in [-0.3, -0.25) is 9.59 Å². The summed E-state index contributed by atoms with van der Waals surface area (Å²) in [6.45, 7) is 0.871. The maximum atomic E-state index is 12.7. The predicted molar refractivity (Wildman–Crippen MR) is 99.3 cm³/mol. The molecule has 2 amide bonds. The number of hydrogen-bond acceptors (Lipinski definition) is 3. The van der Waals surface area contributed by atoms with Gasteiger partial charge in [0.25, 0.3) is 5.91 Å². The van der Waals surface area contributed by atoms with Crippen LogP contribution in [0.5, 0.6) is 0 Å². The van der Waals surface area contributed by atoms with Crippen molar-refractivity contribution in [1.82, 2.24) is 14.8 Å². The highest BCUT2D eigenvalue weighted by molar-refractivity contribution is 6.29. The second-order valence-corrected chi connectivity index (χ2v) is 7.61. The van der Waals surface area contributed by atoms with E-state index in [2.05, 4.69) is 4.98 Å². The maximum absolute atomic E-state index is 12.7. The second-order valence-electron chi connectivity index (χ2n) is 7.22. The van der Waals surface area contributed by atoms with Crippen LogP contribution in [0.3, 0.4) is 0 Å². The van der Waals surface area contributed by atoms with Crippen molar-refractivity contribution in [3.8, 4) is 0 Å². The number of aromatic nitrogens is 1. The zero-order valence-corrected chi connectivity index (χ0v) is 16.1. The highest BCUT2D eigenvalue weighted by atomic mass is 35.5. The van der Waals surface area contributed by atoms with Gasteiger partial charge in [0.15, 0.2) is 0 Å². The Hall–Kier alpha value is -2.61. The van der Waals surface area contributed by atoms with Gasteiger partial charge in [-0.1, -0.05) is 29.8 Å².